The standard InChI is InChI=1S/C33H37NO7/c1-2-40-33-26(14-16-38-18-19-39-17-15-35)28(21-31(41-33)32(37)34-29-12-5-6-13-30(29)36)25-11-7-10-24-23-9-4-3-8-22(23)20-27(24)25/h3-13,21,26,28,33,35-36H,2,14-20H2,1H3,(H,34,37)/t26-,28+,33+/m0/s1. The quantitative estimate of drug-likeness (QED) is 0.156. The van der Waals surface area contributed by atoms with E-state index >= 15 is 0 Å². The van der Waals surface area contributed by atoms with Crippen LogP contribution in [-0.4, -0.2) is 62.1 Å². The van der Waals surface area contributed by atoms with Crippen LogP contribution in [0.2, 0.25) is 0 Å². The Labute approximate surface area is 240 Å². The molecular weight excluding hydrogens is 522 g/mol. The van der Waals surface area contributed by atoms with Gasteiger partial charge in [0, 0.05) is 25.0 Å². The first-order valence-corrected chi connectivity index (χ1v) is 14.2. The number of hydrogen-bond acceptors (Lipinski definition) is 7. The predicted molar refractivity (Wildman–Crippen MR) is 156 cm³/mol. The average molecular weight is 560 g/mol. The summed E-state index contributed by atoms with van der Waals surface area (Å²) in [5.74, 6) is -0.617. The fourth-order valence-corrected chi connectivity index (χ4v) is 5.66. The zero-order valence-electron chi connectivity index (χ0n) is 23.3. The Balaban J connectivity index is 1.46. The Morgan fingerprint density at radius 1 is 0.951 bits per heavy atom. The third-order valence-electron chi connectivity index (χ3n) is 7.54. The van der Waals surface area contributed by atoms with Crippen molar-refractivity contribution in [1.82, 2.24) is 0 Å². The fourth-order valence-electron chi connectivity index (χ4n) is 5.66. The molecule has 1 aliphatic heterocycles. The van der Waals surface area contributed by atoms with Gasteiger partial charge >= 0.3 is 0 Å². The lowest BCUT2D eigenvalue weighted by Crippen LogP contribution is -2.38. The van der Waals surface area contributed by atoms with E-state index in [9.17, 15) is 9.90 Å². The Morgan fingerprint density at radius 3 is 2.51 bits per heavy atom. The second kappa shape index (κ2) is 13.8. The topological polar surface area (TPSA) is 106 Å². The number of para-hydroxylation sites is 2. The van der Waals surface area contributed by atoms with Gasteiger partial charge in [0.2, 0.25) is 6.29 Å². The summed E-state index contributed by atoms with van der Waals surface area (Å²) in [6.45, 7) is 3.86. The fraction of sp³-hybridized carbons (Fsp3) is 0.364. The number of phenols is 1. The van der Waals surface area contributed by atoms with E-state index < -0.39 is 12.2 Å². The number of hydrogen-bond donors (Lipinski definition) is 3. The van der Waals surface area contributed by atoms with Crippen molar-refractivity contribution in [2.45, 2.75) is 32.0 Å². The summed E-state index contributed by atoms with van der Waals surface area (Å²) in [6, 6.07) is 21.4. The molecule has 2 aliphatic rings. The van der Waals surface area contributed by atoms with E-state index in [-0.39, 0.29) is 36.6 Å². The minimum atomic E-state index is -0.672. The highest BCUT2D eigenvalue weighted by Gasteiger charge is 2.39. The van der Waals surface area contributed by atoms with Crippen molar-refractivity contribution in [3.8, 4) is 16.9 Å². The molecule has 3 atom stereocenters. The molecule has 0 bridgehead atoms. The van der Waals surface area contributed by atoms with Gasteiger partial charge in [0.15, 0.2) is 5.76 Å². The van der Waals surface area contributed by atoms with Gasteiger partial charge in [0.25, 0.3) is 5.91 Å². The van der Waals surface area contributed by atoms with E-state index in [4.69, 9.17) is 24.1 Å². The minimum absolute atomic E-state index is 0.0193. The molecule has 8 heteroatoms. The minimum Gasteiger partial charge on any atom is -0.506 e. The van der Waals surface area contributed by atoms with Gasteiger partial charge in [0.1, 0.15) is 5.75 Å². The highest BCUT2D eigenvalue weighted by atomic mass is 16.7. The number of amides is 1. The van der Waals surface area contributed by atoms with Crippen LogP contribution in [0.15, 0.2) is 78.6 Å². The van der Waals surface area contributed by atoms with Crippen LogP contribution in [0.5, 0.6) is 5.75 Å². The number of aliphatic hydroxyl groups is 1. The summed E-state index contributed by atoms with van der Waals surface area (Å²) in [6.07, 6.45) is 2.67. The molecule has 0 spiro atoms. The largest absolute Gasteiger partial charge is 0.506 e. The van der Waals surface area contributed by atoms with Crippen LogP contribution in [0.25, 0.3) is 11.1 Å². The van der Waals surface area contributed by atoms with Crippen molar-refractivity contribution in [2.75, 3.05) is 45.0 Å². The Kier molecular flexibility index (Phi) is 9.69. The second-order valence-electron chi connectivity index (χ2n) is 10.1. The van der Waals surface area contributed by atoms with E-state index in [2.05, 4.69) is 47.8 Å². The lowest BCUT2D eigenvalue weighted by atomic mass is 9.78. The molecule has 216 valence electrons. The van der Waals surface area contributed by atoms with E-state index in [0.717, 1.165) is 12.0 Å². The number of phenolic OH excluding ortho intramolecular Hbond substituents is 1. The molecule has 5 rings (SSSR count). The number of anilines is 1. The maximum absolute atomic E-state index is 13.4. The molecule has 0 saturated carbocycles. The van der Waals surface area contributed by atoms with Crippen molar-refractivity contribution >= 4 is 11.6 Å². The molecule has 0 unspecified atom stereocenters. The maximum atomic E-state index is 13.4. The number of aromatic hydroxyl groups is 1. The lowest BCUT2D eigenvalue weighted by molar-refractivity contribution is -0.166. The average Bonchev–Trinajstić information content (AvgIpc) is 3.37. The van der Waals surface area contributed by atoms with E-state index in [1.807, 2.05) is 13.0 Å². The third kappa shape index (κ3) is 6.63. The summed E-state index contributed by atoms with van der Waals surface area (Å²) in [5.41, 5.74) is 6.42. The molecule has 8 nitrogen and oxygen atoms in total. The first kappa shape index (κ1) is 28.8. The van der Waals surface area contributed by atoms with Gasteiger partial charge in [-0.25, -0.2) is 0 Å². The normalized spacial score (nSPS) is 19.2. The molecule has 1 amide bonds. The summed E-state index contributed by atoms with van der Waals surface area (Å²) in [5, 5.41) is 21.9. The van der Waals surface area contributed by atoms with Gasteiger partial charge in [-0.2, -0.15) is 0 Å². The molecule has 41 heavy (non-hydrogen) atoms. The SMILES string of the molecule is CCO[C@@H]1OC(C(=O)Nc2ccccc2O)=C[C@H](c2cccc3c2Cc2ccccc2-3)[C@@H]1CCOCCOCCO. The highest BCUT2D eigenvalue weighted by molar-refractivity contribution is 6.03. The molecule has 0 radical (unpaired) electrons. The van der Waals surface area contributed by atoms with Crippen LogP contribution < -0.4 is 5.32 Å². The monoisotopic (exact) mass is 559 g/mol. The van der Waals surface area contributed by atoms with Crippen molar-refractivity contribution in [3.63, 3.8) is 0 Å². The third-order valence-corrected chi connectivity index (χ3v) is 7.54. The second-order valence-corrected chi connectivity index (χ2v) is 10.1. The molecule has 1 aliphatic carbocycles. The van der Waals surface area contributed by atoms with Gasteiger partial charge in [-0.3, -0.25) is 4.79 Å². The molecule has 1 heterocycles. The van der Waals surface area contributed by atoms with E-state index in [1.54, 1.807) is 18.2 Å². The van der Waals surface area contributed by atoms with Crippen LogP contribution in [0.1, 0.15) is 36.0 Å². The van der Waals surface area contributed by atoms with Crippen molar-refractivity contribution in [2.24, 2.45) is 5.92 Å². The number of carbonyl (C=O) groups is 1. The Hall–Kier alpha value is -3.69. The van der Waals surface area contributed by atoms with Crippen molar-refractivity contribution in [3.05, 3.63) is 95.3 Å². The number of aliphatic hydroxyl groups excluding tert-OH is 1. The number of nitrogens with one attached hydrogen (secondary N) is 1. The number of benzene rings is 3. The highest BCUT2D eigenvalue weighted by Crippen LogP contribution is 2.45. The number of fused-ring (bicyclic) bond motifs is 3. The summed E-state index contributed by atoms with van der Waals surface area (Å²) < 4.78 is 23.5. The van der Waals surface area contributed by atoms with Crippen LogP contribution >= 0.6 is 0 Å². The van der Waals surface area contributed by atoms with E-state index in [0.29, 0.717) is 38.5 Å². The van der Waals surface area contributed by atoms with Crippen LogP contribution in [0.3, 0.4) is 0 Å². The van der Waals surface area contributed by atoms with Gasteiger partial charge in [-0.1, -0.05) is 54.6 Å². The summed E-state index contributed by atoms with van der Waals surface area (Å²) >= 11 is 0. The summed E-state index contributed by atoms with van der Waals surface area (Å²) in [7, 11) is 0. The van der Waals surface area contributed by atoms with Gasteiger partial charge < -0.3 is 34.5 Å². The smallest absolute Gasteiger partial charge is 0.290 e. The molecule has 3 N–H and O–H groups in total. The zero-order chi connectivity index (χ0) is 28.6. The van der Waals surface area contributed by atoms with Crippen LogP contribution in [0.4, 0.5) is 5.69 Å². The maximum Gasteiger partial charge on any atom is 0.290 e. The Morgan fingerprint density at radius 2 is 1.71 bits per heavy atom. The molecule has 0 aromatic heterocycles. The Bertz CT molecular complexity index is 1370. The lowest BCUT2D eigenvalue weighted by Gasteiger charge is -2.37. The molecule has 0 saturated heterocycles. The predicted octanol–water partition coefficient (Wildman–Crippen LogP) is 4.99. The number of carbonyl (C=O) groups excluding carboxylic acids is 1. The van der Waals surface area contributed by atoms with Gasteiger partial charge in [-0.05, 0) is 65.8 Å². The van der Waals surface area contributed by atoms with Gasteiger partial charge in [0.05, 0.1) is 32.1 Å². The summed E-state index contributed by atoms with van der Waals surface area (Å²) in [4.78, 5) is 13.4. The van der Waals surface area contributed by atoms with E-state index in [1.165, 1.54) is 28.3 Å². The molecule has 3 aromatic rings. The molecular formula is C33H37NO7. The number of ether oxygens (including phenoxy) is 4. The number of rotatable bonds is 13. The number of allylic oxidation sites excluding steroid dienone is 1. The zero-order valence-corrected chi connectivity index (χ0v) is 23.3. The van der Waals surface area contributed by atoms with Crippen LogP contribution in [-0.2, 0) is 30.2 Å². The van der Waals surface area contributed by atoms with Crippen molar-refractivity contribution in [1.29, 1.82) is 0 Å². The van der Waals surface area contributed by atoms with Gasteiger partial charge in [-0.15, -0.1) is 0 Å². The molecule has 3 aromatic carbocycles. The first-order chi connectivity index (χ1) is 20.1. The van der Waals surface area contributed by atoms with Crippen LogP contribution in [0, 0.1) is 5.92 Å². The van der Waals surface area contributed by atoms with Crippen molar-refractivity contribution < 1.29 is 34.0 Å². The first-order valence-electron chi connectivity index (χ1n) is 14.2. The molecule has 0 fully saturated rings.